The highest BCUT2D eigenvalue weighted by Gasteiger charge is 2.19. The molecule has 0 fully saturated rings. The molecule has 1 unspecified atom stereocenters. The molecule has 0 aliphatic rings. The van der Waals surface area contributed by atoms with Crippen molar-refractivity contribution in [2.45, 2.75) is 226 Å². The molecule has 0 saturated carbocycles. The predicted octanol–water partition coefficient (Wildman–Crippen LogP) is 16.0. The second-order valence-corrected chi connectivity index (χ2v) is 16.0. The maximum absolute atomic E-state index is 12.7. The van der Waals surface area contributed by atoms with Crippen molar-refractivity contribution in [2.24, 2.45) is 0 Å². The lowest BCUT2D eigenvalue weighted by molar-refractivity contribution is -0.167. The van der Waals surface area contributed by atoms with Gasteiger partial charge in [-0.25, -0.2) is 0 Å². The van der Waals surface area contributed by atoms with Crippen molar-refractivity contribution >= 4 is 17.9 Å². The Morgan fingerprint density at radius 1 is 0.350 bits per heavy atom. The van der Waals surface area contributed by atoms with E-state index in [2.05, 4.69) is 106 Å². The fraction of sp³-hybridized carbons (Fsp3) is 0.685. The third kappa shape index (κ3) is 45.7. The number of carbonyl (C=O) groups is 3. The Morgan fingerprint density at radius 3 is 1.13 bits per heavy atom. The zero-order valence-corrected chi connectivity index (χ0v) is 38.9. The first kappa shape index (κ1) is 56.6. The van der Waals surface area contributed by atoms with Crippen LogP contribution in [0.15, 0.2) is 85.1 Å². The van der Waals surface area contributed by atoms with E-state index in [-0.39, 0.29) is 44.0 Å². The molecule has 0 radical (unpaired) electrons. The van der Waals surface area contributed by atoms with Gasteiger partial charge in [0.25, 0.3) is 0 Å². The minimum atomic E-state index is -0.819. The highest BCUT2D eigenvalue weighted by atomic mass is 16.6. The maximum atomic E-state index is 12.7. The SMILES string of the molecule is CC/C=C\C/C=C\C/C=C\CCCCC(=O)OCC(COC(=O)CCC/C=C\C/C=C\C/C=C\CCCCCCCC)OC(=O)CCCCC/C=C\CCCCCCCC. The van der Waals surface area contributed by atoms with E-state index in [0.717, 1.165) is 89.9 Å². The zero-order chi connectivity index (χ0) is 43.7. The molecular weight excluding hydrogens is 745 g/mol. The van der Waals surface area contributed by atoms with E-state index in [4.69, 9.17) is 14.2 Å². The van der Waals surface area contributed by atoms with Gasteiger partial charge < -0.3 is 14.2 Å². The smallest absolute Gasteiger partial charge is 0.306 e. The van der Waals surface area contributed by atoms with Crippen LogP contribution in [0.1, 0.15) is 220 Å². The molecule has 0 aromatic rings. The van der Waals surface area contributed by atoms with Gasteiger partial charge >= 0.3 is 17.9 Å². The first-order valence-corrected chi connectivity index (χ1v) is 24.6. The molecule has 6 nitrogen and oxygen atoms in total. The number of hydrogen-bond donors (Lipinski definition) is 0. The molecule has 6 heteroatoms. The summed E-state index contributed by atoms with van der Waals surface area (Å²) in [6.07, 6.45) is 61.5. The normalized spacial score (nSPS) is 12.8. The summed E-state index contributed by atoms with van der Waals surface area (Å²) in [5.41, 5.74) is 0. The lowest BCUT2D eigenvalue weighted by Gasteiger charge is -2.18. The Balaban J connectivity index is 4.52. The van der Waals surface area contributed by atoms with Gasteiger partial charge in [0.05, 0.1) is 0 Å². The van der Waals surface area contributed by atoms with Crippen LogP contribution in [0.5, 0.6) is 0 Å². The minimum absolute atomic E-state index is 0.119. The van der Waals surface area contributed by atoms with Crippen LogP contribution in [0.3, 0.4) is 0 Å². The van der Waals surface area contributed by atoms with Crippen LogP contribution >= 0.6 is 0 Å². The molecular formula is C54H90O6. The van der Waals surface area contributed by atoms with Gasteiger partial charge in [0.15, 0.2) is 6.10 Å². The van der Waals surface area contributed by atoms with Crippen molar-refractivity contribution in [3.05, 3.63) is 85.1 Å². The minimum Gasteiger partial charge on any atom is -0.462 e. The molecule has 0 heterocycles. The van der Waals surface area contributed by atoms with Gasteiger partial charge in [-0.1, -0.05) is 176 Å². The van der Waals surface area contributed by atoms with Crippen molar-refractivity contribution in [3.8, 4) is 0 Å². The van der Waals surface area contributed by atoms with E-state index in [0.29, 0.717) is 12.8 Å². The maximum Gasteiger partial charge on any atom is 0.306 e. The van der Waals surface area contributed by atoms with E-state index >= 15 is 0 Å². The molecule has 0 saturated heterocycles. The summed E-state index contributed by atoms with van der Waals surface area (Å²) in [5, 5.41) is 0. The predicted molar refractivity (Wildman–Crippen MR) is 256 cm³/mol. The summed E-state index contributed by atoms with van der Waals surface area (Å²) in [7, 11) is 0. The number of unbranched alkanes of at least 4 members (excludes halogenated alkanes) is 18. The molecule has 0 bridgehead atoms. The zero-order valence-electron chi connectivity index (χ0n) is 38.9. The van der Waals surface area contributed by atoms with Gasteiger partial charge in [-0.3, -0.25) is 14.4 Å². The molecule has 0 rings (SSSR count). The Hall–Kier alpha value is -3.41. The average molecular weight is 835 g/mol. The molecule has 0 aromatic carbocycles. The Kier molecular flexibility index (Phi) is 45.5. The Bertz CT molecular complexity index is 1190. The van der Waals surface area contributed by atoms with E-state index in [1.54, 1.807) is 0 Å². The number of hydrogen-bond acceptors (Lipinski definition) is 6. The summed E-state index contributed by atoms with van der Waals surface area (Å²) < 4.78 is 16.7. The van der Waals surface area contributed by atoms with Crippen molar-refractivity contribution in [1.82, 2.24) is 0 Å². The fourth-order valence-corrected chi connectivity index (χ4v) is 6.41. The van der Waals surface area contributed by atoms with Crippen LogP contribution in [0.4, 0.5) is 0 Å². The highest BCUT2D eigenvalue weighted by Crippen LogP contribution is 2.12. The van der Waals surface area contributed by atoms with Gasteiger partial charge in [0.2, 0.25) is 0 Å². The number of ether oxygens (including phenoxy) is 3. The largest absolute Gasteiger partial charge is 0.462 e. The molecule has 0 aromatic heterocycles. The van der Waals surface area contributed by atoms with E-state index in [9.17, 15) is 14.4 Å². The summed E-state index contributed by atoms with van der Waals surface area (Å²) in [6, 6.07) is 0. The van der Waals surface area contributed by atoms with Crippen molar-refractivity contribution in [2.75, 3.05) is 13.2 Å². The second-order valence-electron chi connectivity index (χ2n) is 16.0. The van der Waals surface area contributed by atoms with Crippen LogP contribution in [-0.2, 0) is 28.6 Å². The van der Waals surface area contributed by atoms with E-state index in [1.165, 1.54) is 83.5 Å². The molecule has 0 spiro atoms. The fourth-order valence-electron chi connectivity index (χ4n) is 6.41. The van der Waals surface area contributed by atoms with Crippen LogP contribution in [-0.4, -0.2) is 37.2 Å². The van der Waals surface area contributed by atoms with Gasteiger partial charge in [-0.15, -0.1) is 0 Å². The second kappa shape index (κ2) is 48.3. The summed E-state index contributed by atoms with van der Waals surface area (Å²) in [4.78, 5) is 37.8. The molecule has 0 aliphatic heterocycles. The monoisotopic (exact) mass is 835 g/mol. The van der Waals surface area contributed by atoms with Gasteiger partial charge in [-0.2, -0.15) is 0 Å². The topological polar surface area (TPSA) is 78.9 Å². The van der Waals surface area contributed by atoms with Crippen LogP contribution < -0.4 is 0 Å². The molecule has 60 heavy (non-hydrogen) atoms. The van der Waals surface area contributed by atoms with Crippen LogP contribution in [0, 0.1) is 0 Å². The van der Waals surface area contributed by atoms with Gasteiger partial charge in [0, 0.05) is 19.3 Å². The number of rotatable bonds is 43. The molecule has 342 valence electrons. The average Bonchev–Trinajstić information content (AvgIpc) is 3.24. The molecule has 1 atom stereocenters. The first-order valence-electron chi connectivity index (χ1n) is 24.6. The third-order valence-corrected chi connectivity index (χ3v) is 10.1. The molecule has 0 aliphatic carbocycles. The van der Waals surface area contributed by atoms with E-state index in [1.807, 2.05) is 0 Å². The van der Waals surface area contributed by atoms with Crippen molar-refractivity contribution in [3.63, 3.8) is 0 Å². The third-order valence-electron chi connectivity index (χ3n) is 10.1. The number of carbonyl (C=O) groups excluding carboxylic acids is 3. The Morgan fingerprint density at radius 2 is 0.667 bits per heavy atom. The van der Waals surface area contributed by atoms with Crippen molar-refractivity contribution in [1.29, 1.82) is 0 Å². The summed E-state index contributed by atoms with van der Waals surface area (Å²) >= 11 is 0. The van der Waals surface area contributed by atoms with Gasteiger partial charge in [-0.05, 0) is 109 Å². The molecule has 0 N–H and O–H groups in total. The lowest BCUT2D eigenvalue weighted by atomic mass is 10.1. The first-order chi connectivity index (χ1) is 29.5. The van der Waals surface area contributed by atoms with Gasteiger partial charge in [0.1, 0.15) is 13.2 Å². The summed E-state index contributed by atoms with van der Waals surface area (Å²) in [5.74, 6) is -1.03. The summed E-state index contributed by atoms with van der Waals surface area (Å²) in [6.45, 7) is 6.40. The van der Waals surface area contributed by atoms with E-state index < -0.39 is 6.10 Å². The number of allylic oxidation sites excluding steroid dienone is 14. The standard InChI is InChI=1S/C54H90O6/c1-4-7-10-13-16-19-22-25-26-27-28-30-32-35-38-41-44-47-53(56)59-50-51(49-58-52(55)46-43-40-37-34-31-24-21-18-15-12-9-6-3)60-54(57)48-45-42-39-36-33-29-23-20-17-14-11-8-5-2/h9,12,18,21,25-26,28-31,33-35,38,51H,4-8,10-11,13-17,19-20,22-24,27,32,36-37,39-50H2,1-3H3/b12-9-,21-18-,26-25-,30-28-,33-29-,34-31-,38-35-. The Labute approximate surface area is 369 Å². The highest BCUT2D eigenvalue weighted by molar-refractivity contribution is 5.71. The van der Waals surface area contributed by atoms with Crippen molar-refractivity contribution < 1.29 is 28.6 Å². The van der Waals surface area contributed by atoms with Crippen LogP contribution in [0.2, 0.25) is 0 Å². The van der Waals surface area contributed by atoms with Crippen LogP contribution in [0.25, 0.3) is 0 Å². The quantitative estimate of drug-likeness (QED) is 0.0263. The number of esters is 3. The lowest BCUT2D eigenvalue weighted by Crippen LogP contribution is -2.30. The molecule has 0 amide bonds.